The van der Waals surface area contributed by atoms with Gasteiger partial charge in [-0.2, -0.15) is 0 Å². The predicted molar refractivity (Wildman–Crippen MR) is 186 cm³/mol. The fourth-order valence-corrected chi connectivity index (χ4v) is 7.27. The van der Waals surface area contributed by atoms with Gasteiger partial charge in [-0.05, 0) is 73.0 Å². The molecule has 0 radical (unpaired) electrons. The summed E-state index contributed by atoms with van der Waals surface area (Å²) in [5, 5.41) is 31.6. The second-order valence-corrected chi connectivity index (χ2v) is 14.0. The van der Waals surface area contributed by atoms with Crippen molar-refractivity contribution < 1.29 is 29.4 Å². The lowest BCUT2D eigenvalue weighted by atomic mass is 9.91. The van der Waals surface area contributed by atoms with Crippen molar-refractivity contribution in [1.82, 2.24) is 16.0 Å². The molecule has 47 heavy (non-hydrogen) atoms. The number of nitrogens with one attached hydrogen (secondary N) is 3. The van der Waals surface area contributed by atoms with E-state index in [0.717, 1.165) is 20.2 Å². The van der Waals surface area contributed by atoms with Crippen molar-refractivity contribution in [3.63, 3.8) is 0 Å². The quantitative estimate of drug-likeness (QED) is 0.0906. The Morgan fingerprint density at radius 2 is 1.49 bits per heavy atom. The van der Waals surface area contributed by atoms with E-state index >= 15 is 0 Å². The number of aliphatic hydroxyl groups excluding tert-OH is 1. The number of Topliss-reactive ketones (excluding diaryl/α,β-unsaturated/α-hetero) is 2. The summed E-state index contributed by atoms with van der Waals surface area (Å²) in [5.74, 6) is -1.16. The van der Waals surface area contributed by atoms with E-state index < -0.39 is 29.6 Å². The Morgan fingerprint density at radius 1 is 0.851 bits per heavy atom. The van der Waals surface area contributed by atoms with Crippen molar-refractivity contribution in [2.75, 3.05) is 6.54 Å². The Balaban J connectivity index is 1.35. The Labute approximate surface area is 280 Å². The van der Waals surface area contributed by atoms with Crippen LogP contribution in [-0.4, -0.2) is 51.7 Å². The van der Waals surface area contributed by atoms with Gasteiger partial charge in [0.05, 0.1) is 10.4 Å². The van der Waals surface area contributed by atoms with Gasteiger partial charge in [-0.25, -0.2) is 0 Å². The van der Waals surface area contributed by atoms with Crippen molar-refractivity contribution in [3.8, 4) is 5.75 Å². The highest BCUT2D eigenvalue weighted by atomic mass is 32.1. The molecule has 3 unspecified atom stereocenters. The van der Waals surface area contributed by atoms with E-state index in [-0.39, 0.29) is 43.1 Å². The van der Waals surface area contributed by atoms with Gasteiger partial charge in [0.2, 0.25) is 5.91 Å². The second kappa shape index (κ2) is 15.0. The van der Waals surface area contributed by atoms with Crippen LogP contribution in [0.15, 0.2) is 84.9 Å². The first-order valence-corrected chi connectivity index (χ1v) is 17.0. The number of phenols is 1. The Bertz CT molecular complexity index is 1830. The molecule has 5 aromatic rings. The van der Waals surface area contributed by atoms with E-state index in [1.807, 2.05) is 54.6 Å². The molecule has 0 aliphatic rings. The first-order chi connectivity index (χ1) is 22.5. The molecule has 2 heterocycles. The fourth-order valence-electron chi connectivity index (χ4n) is 5.30. The zero-order chi connectivity index (χ0) is 33.6. The summed E-state index contributed by atoms with van der Waals surface area (Å²) in [5.41, 5.74) is -0.693. The van der Waals surface area contributed by atoms with E-state index in [2.05, 4.69) is 16.0 Å². The van der Waals surface area contributed by atoms with Crippen molar-refractivity contribution in [2.45, 2.75) is 57.3 Å². The number of aliphatic hydroxyl groups is 1. The molecule has 5 N–H and O–H groups in total. The van der Waals surface area contributed by atoms with Crippen molar-refractivity contribution in [2.24, 2.45) is 0 Å². The molecule has 0 spiro atoms. The van der Waals surface area contributed by atoms with Gasteiger partial charge in [0, 0.05) is 40.1 Å². The molecule has 0 fully saturated rings. The highest BCUT2D eigenvalue weighted by Crippen LogP contribution is 2.30. The molecule has 0 bridgehead atoms. The number of rotatable bonds is 15. The second-order valence-electron chi connectivity index (χ2n) is 11.8. The molecule has 0 aliphatic carbocycles. The van der Waals surface area contributed by atoms with Crippen molar-refractivity contribution in [3.05, 3.63) is 100 Å². The molecule has 0 saturated carbocycles. The third kappa shape index (κ3) is 8.69. The van der Waals surface area contributed by atoms with Gasteiger partial charge in [-0.1, -0.05) is 48.5 Å². The summed E-state index contributed by atoms with van der Waals surface area (Å²) < 4.78 is 1.93. The molecular weight excluding hydrogens is 635 g/mol. The number of benzene rings is 3. The molecule has 2 aromatic heterocycles. The maximum atomic E-state index is 13.8. The van der Waals surface area contributed by atoms with Crippen molar-refractivity contribution in [1.29, 1.82) is 0 Å². The molecule has 0 saturated heterocycles. The SMILES string of the molecule is CC(=O)CCCC(=O)C(C)(CNC(=O)C(Cc1ccc(O)cc1)NC(=O)c1cc2ccccc2s1)NC(O)c1cc2ccccc2s1. The molecule has 5 rings (SSSR count). The van der Waals surface area contributed by atoms with E-state index in [0.29, 0.717) is 21.7 Å². The Kier molecular flexibility index (Phi) is 10.8. The van der Waals surface area contributed by atoms with Crippen LogP contribution in [0, 0.1) is 0 Å². The van der Waals surface area contributed by atoms with E-state index in [1.54, 1.807) is 25.1 Å². The first kappa shape index (κ1) is 33.9. The van der Waals surface area contributed by atoms with E-state index in [1.165, 1.54) is 41.7 Å². The number of phenolic OH excluding ortho intramolecular Hbond substituents is 1. The predicted octanol–water partition coefficient (Wildman–Crippen LogP) is 5.65. The van der Waals surface area contributed by atoms with Crippen molar-refractivity contribution >= 4 is 66.2 Å². The number of ketones is 2. The van der Waals surface area contributed by atoms with Gasteiger partial charge in [0.15, 0.2) is 5.78 Å². The van der Waals surface area contributed by atoms with Gasteiger partial charge < -0.3 is 25.6 Å². The monoisotopic (exact) mass is 671 g/mol. The number of fused-ring (bicyclic) bond motifs is 2. The topological polar surface area (TPSA) is 145 Å². The van der Waals surface area contributed by atoms with Gasteiger partial charge in [-0.15, -0.1) is 22.7 Å². The van der Waals surface area contributed by atoms with Crippen LogP contribution < -0.4 is 16.0 Å². The minimum Gasteiger partial charge on any atom is -0.508 e. The van der Waals surface area contributed by atoms with E-state index in [9.17, 15) is 29.4 Å². The third-order valence-electron chi connectivity index (χ3n) is 7.98. The van der Waals surface area contributed by atoms with Gasteiger partial charge in [0.25, 0.3) is 5.91 Å². The summed E-state index contributed by atoms with van der Waals surface area (Å²) >= 11 is 2.72. The number of hydrogen-bond acceptors (Lipinski definition) is 9. The highest BCUT2D eigenvalue weighted by molar-refractivity contribution is 7.20. The third-order valence-corrected chi connectivity index (χ3v) is 10.3. The van der Waals surface area contributed by atoms with Crippen LogP contribution >= 0.6 is 22.7 Å². The van der Waals surface area contributed by atoms with Crippen LogP contribution in [0.25, 0.3) is 20.2 Å². The normalized spacial score (nSPS) is 13.9. The lowest BCUT2D eigenvalue weighted by molar-refractivity contribution is -0.128. The maximum Gasteiger partial charge on any atom is 0.262 e. The number of aromatic hydroxyl groups is 1. The minimum atomic E-state index is -1.40. The standard InChI is InChI=1S/C36H37N3O6S2/c1-22(40)8-7-13-32(42)36(2,39-35(45)31-20-25-10-4-6-12-29(25)47-31)21-37-33(43)27(18-23-14-16-26(41)17-15-23)38-34(44)30-19-24-9-3-5-11-28(24)46-30/h3-6,9-12,14-17,19-20,27,35,39,41,45H,7-8,13,18,21H2,1-2H3,(H,37,43)(H,38,44). The van der Waals surface area contributed by atoms with Gasteiger partial charge in [0.1, 0.15) is 23.8 Å². The smallest absolute Gasteiger partial charge is 0.262 e. The summed E-state index contributed by atoms with van der Waals surface area (Å²) in [4.78, 5) is 53.4. The van der Waals surface area contributed by atoms with Crippen LogP contribution in [0.4, 0.5) is 0 Å². The molecule has 3 atom stereocenters. The number of amides is 2. The molecule has 3 aromatic carbocycles. The summed E-state index contributed by atoms with van der Waals surface area (Å²) in [7, 11) is 0. The average Bonchev–Trinajstić information content (AvgIpc) is 3.69. The summed E-state index contributed by atoms with van der Waals surface area (Å²) in [6.07, 6.45) is -0.424. The van der Waals surface area contributed by atoms with Gasteiger partial charge >= 0.3 is 0 Å². The van der Waals surface area contributed by atoms with Crippen LogP contribution in [-0.2, 0) is 20.8 Å². The maximum absolute atomic E-state index is 13.8. The molecule has 2 amide bonds. The molecule has 11 heteroatoms. The number of hydrogen-bond donors (Lipinski definition) is 5. The summed E-state index contributed by atoms with van der Waals surface area (Å²) in [6.45, 7) is 2.90. The molecule has 9 nitrogen and oxygen atoms in total. The number of thiophene rings is 2. The fraction of sp³-hybridized carbons (Fsp3) is 0.278. The average molecular weight is 672 g/mol. The minimum absolute atomic E-state index is 0.0301. The Morgan fingerprint density at radius 3 is 2.13 bits per heavy atom. The molecule has 244 valence electrons. The zero-order valence-electron chi connectivity index (χ0n) is 26.1. The lowest BCUT2D eigenvalue weighted by Gasteiger charge is -2.33. The largest absolute Gasteiger partial charge is 0.508 e. The summed E-state index contributed by atoms with van der Waals surface area (Å²) in [6, 6.07) is 24.3. The zero-order valence-corrected chi connectivity index (χ0v) is 27.8. The van der Waals surface area contributed by atoms with Crippen LogP contribution in [0.3, 0.4) is 0 Å². The number of carbonyl (C=O) groups excluding carboxylic acids is 4. The van der Waals surface area contributed by atoms with Gasteiger partial charge in [-0.3, -0.25) is 19.7 Å². The van der Waals surface area contributed by atoms with Crippen LogP contribution in [0.1, 0.15) is 59.5 Å². The van der Waals surface area contributed by atoms with Crippen LogP contribution in [0.5, 0.6) is 5.75 Å². The molecular formula is C36H37N3O6S2. The first-order valence-electron chi connectivity index (χ1n) is 15.3. The van der Waals surface area contributed by atoms with Crippen LogP contribution in [0.2, 0.25) is 0 Å². The highest BCUT2D eigenvalue weighted by Gasteiger charge is 2.36. The van der Waals surface area contributed by atoms with E-state index in [4.69, 9.17) is 0 Å². The Hall–Kier alpha value is -4.42. The lowest BCUT2D eigenvalue weighted by Crippen LogP contribution is -2.59. The molecule has 0 aliphatic heterocycles. The number of carbonyl (C=O) groups is 4.